The Hall–Kier alpha value is -5.22. The molecule has 0 fully saturated rings. The number of aryl methyl sites for hydroxylation is 1. The zero-order valence-corrected chi connectivity index (χ0v) is 24.8. The lowest BCUT2D eigenvalue weighted by molar-refractivity contribution is -0.132. The molecule has 5 rings (SSSR count). The van der Waals surface area contributed by atoms with Gasteiger partial charge in [0.1, 0.15) is 23.9 Å². The molecule has 2 heterocycles. The lowest BCUT2D eigenvalue weighted by atomic mass is 9.92. The molecule has 43 heavy (non-hydrogen) atoms. The number of carbonyl (C=O) groups is 2. The summed E-state index contributed by atoms with van der Waals surface area (Å²) in [5.74, 6) is 1.42. The molecule has 0 saturated heterocycles. The lowest BCUT2D eigenvalue weighted by Gasteiger charge is -2.14. The number of aromatic nitrogens is 3. The highest BCUT2D eigenvalue weighted by atomic mass is 16.6. The molecule has 0 atom stereocenters. The lowest BCUT2D eigenvalue weighted by Crippen LogP contribution is -2.21. The third kappa shape index (κ3) is 7.17. The molecule has 0 spiro atoms. The summed E-state index contributed by atoms with van der Waals surface area (Å²) < 4.78 is 7.95. The number of hydrogen-bond acceptors (Lipinski definition) is 6. The SMILES string of the molecule is CC(=O)NOCc1cc(Oc2ccc(NC(=O)Nc3cc(C(C)(C)C)nn3-c3ccc(C)cc3)c3ccccc23)ccn1. The Kier molecular flexibility index (Phi) is 8.40. The van der Waals surface area contributed by atoms with Gasteiger partial charge >= 0.3 is 6.03 Å². The van der Waals surface area contributed by atoms with Crippen molar-refractivity contribution in [1.29, 1.82) is 0 Å². The van der Waals surface area contributed by atoms with Gasteiger partial charge in [0.2, 0.25) is 5.91 Å². The minimum absolute atomic E-state index is 0.0928. The zero-order chi connectivity index (χ0) is 30.6. The first-order chi connectivity index (χ1) is 20.6. The first-order valence-corrected chi connectivity index (χ1v) is 13.9. The summed E-state index contributed by atoms with van der Waals surface area (Å²) in [5, 5.41) is 12.4. The Bertz CT molecular complexity index is 1770. The van der Waals surface area contributed by atoms with Gasteiger partial charge in [-0.25, -0.2) is 15.0 Å². The molecule has 220 valence electrons. The van der Waals surface area contributed by atoms with Crippen LogP contribution in [0.1, 0.15) is 44.6 Å². The maximum absolute atomic E-state index is 13.3. The number of urea groups is 1. The van der Waals surface area contributed by atoms with Crippen LogP contribution in [-0.4, -0.2) is 26.7 Å². The van der Waals surface area contributed by atoms with Crippen molar-refractivity contribution in [3.8, 4) is 17.2 Å². The second kappa shape index (κ2) is 12.3. The summed E-state index contributed by atoms with van der Waals surface area (Å²) in [6.07, 6.45) is 1.61. The summed E-state index contributed by atoms with van der Waals surface area (Å²) >= 11 is 0. The fourth-order valence-electron chi connectivity index (χ4n) is 4.40. The van der Waals surface area contributed by atoms with Crippen LogP contribution in [-0.2, 0) is 21.7 Å². The van der Waals surface area contributed by atoms with Crippen molar-refractivity contribution in [3.63, 3.8) is 0 Å². The normalized spacial score (nSPS) is 11.3. The third-order valence-electron chi connectivity index (χ3n) is 6.58. The summed E-state index contributed by atoms with van der Waals surface area (Å²) in [6.45, 7) is 9.74. The summed E-state index contributed by atoms with van der Waals surface area (Å²) in [7, 11) is 0. The number of hydroxylamine groups is 1. The maximum Gasteiger partial charge on any atom is 0.324 e. The average Bonchev–Trinajstić information content (AvgIpc) is 3.39. The Morgan fingerprint density at radius 1 is 0.907 bits per heavy atom. The van der Waals surface area contributed by atoms with Gasteiger partial charge in [-0.3, -0.25) is 19.9 Å². The number of benzene rings is 3. The van der Waals surface area contributed by atoms with Crippen molar-refractivity contribution in [1.82, 2.24) is 20.2 Å². The van der Waals surface area contributed by atoms with Gasteiger partial charge in [0.15, 0.2) is 0 Å². The highest BCUT2D eigenvalue weighted by Crippen LogP contribution is 2.35. The van der Waals surface area contributed by atoms with Crippen LogP contribution in [0, 0.1) is 6.92 Å². The van der Waals surface area contributed by atoms with Crippen LogP contribution in [0.5, 0.6) is 11.5 Å². The van der Waals surface area contributed by atoms with Gasteiger partial charge < -0.3 is 10.1 Å². The first-order valence-electron chi connectivity index (χ1n) is 13.9. The number of hydrogen-bond donors (Lipinski definition) is 3. The van der Waals surface area contributed by atoms with Crippen LogP contribution < -0.4 is 20.9 Å². The Labute approximate surface area is 250 Å². The first kappa shape index (κ1) is 29.3. The predicted molar refractivity (Wildman–Crippen MR) is 167 cm³/mol. The fraction of sp³-hybridized carbons (Fsp3) is 0.212. The van der Waals surface area contributed by atoms with E-state index in [2.05, 4.69) is 41.9 Å². The molecule has 0 unspecified atom stereocenters. The fourth-order valence-corrected chi connectivity index (χ4v) is 4.40. The number of ether oxygens (including phenoxy) is 1. The largest absolute Gasteiger partial charge is 0.457 e. The van der Waals surface area contributed by atoms with Crippen molar-refractivity contribution in [2.75, 3.05) is 10.6 Å². The van der Waals surface area contributed by atoms with E-state index in [0.29, 0.717) is 28.7 Å². The Balaban J connectivity index is 1.37. The molecule has 0 radical (unpaired) electrons. The minimum atomic E-state index is -0.398. The third-order valence-corrected chi connectivity index (χ3v) is 6.58. The Morgan fingerprint density at radius 3 is 2.37 bits per heavy atom. The highest BCUT2D eigenvalue weighted by Gasteiger charge is 2.22. The summed E-state index contributed by atoms with van der Waals surface area (Å²) in [6, 6.07) is 24.2. The molecule has 0 aliphatic rings. The van der Waals surface area contributed by atoms with Gasteiger partial charge in [-0.05, 0) is 37.3 Å². The van der Waals surface area contributed by atoms with E-state index in [1.54, 1.807) is 35.1 Å². The molecule has 10 nitrogen and oxygen atoms in total. The molecule has 2 aromatic heterocycles. The number of fused-ring (bicyclic) bond motifs is 1. The number of pyridine rings is 1. The van der Waals surface area contributed by atoms with Gasteiger partial charge in [-0.1, -0.05) is 62.7 Å². The number of amides is 3. The van der Waals surface area contributed by atoms with Crippen LogP contribution >= 0.6 is 0 Å². The molecule has 3 aromatic carbocycles. The average molecular weight is 579 g/mol. The molecule has 3 amide bonds. The van der Waals surface area contributed by atoms with Gasteiger partial charge in [-0.15, -0.1) is 0 Å². The topological polar surface area (TPSA) is 119 Å². The van der Waals surface area contributed by atoms with Crippen molar-refractivity contribution >= 4 is 34.2 Å². The van der Waals surface area contributed by atoms with Gasteiger partial charge in [0, 0.05) is 41.4 Å². The number of carbonyl (C=O) groups excluding carboxylic acids is 2. The van der Waals surface area contributed by atoms with Crippen molar-refractivity contribution in [2.45, 2.75) is 46.6 Å². The number of nitrogens with one attached hydrogen (secondary N) is 3. The van der Waals surface area contributed by atoms with E-state index in [1.165, 1.54) is 6.92 Å². The summed E-state index contributed by atoms with van der Waals surface area (Å²) in [4.78, 5) is 33.8. The molecule has 10 heteroatoms. The smallest absolute Gasteiger partial charge is 0.324 e. The number of rotatable bonds is 8. The maximum atomic E-state index is 13.3. The number of anilines is 2. The van der Waals surface area contributed by atoms with E-state index in [4.69, 9.17) is 14.7 Å². The van der Waals surface area contributed by atoms with Crippen LogP contribution in [0.4, 0.5) is 16.3 Å². The standard InChI is InChI=1S/C33H34N6O4/c1-21-10-12-24(13-11-21)39-31(19-30(37-39)33(3,4)5)36-32(41)35-28-14-15-29(27-9-7-6-8-26(27)28)43-25-16-17-34-23(18-25)20-42-38-22(2)40/h6-19H,20H2,1-5H3,(H,38,40)(H2,35,36,41). The molecule has 3 N–H and O–H groups in total. The molecular weight excluding hydrogens is 544 g/mol. The molecule has 0 bridgehead atoms. The Morgan fingerprint density at radius 2 is 1.65 bits per heavy atom. The van der Waals surface area contributed by atoms with Crippen LogP contribution in [0.3, 0.4) is 0 Å². The van der Waals surface area contributed by atoms with E-state index in [1.807, 2.05) is 61.5 Å². The highest BCUT2D eigenvalue weighted by molar-refractivity contribution is 6.07. The molecule has 5 aromatic rings. The van der Waals surface area contributed by atoms with Gasteiger partial charge in [0.25, 0.3) is 0 Å². The molecule has 0 saturated carbocycles. The van der Waals surface area contributed by atoms with Gasteiger partial charge in [0.05, 0.1) is 22.8 Å². The monoisotopic (exact) mass is 578 g/mol. The molecule has 0 aliphatic carbocycles. The molecule has 0 aliphatic heterocycles. The second-order valence-electron chi connectivity index (χ2n) is 11.2. The summed E-state index contributed by atoms with van der Waals surface area (Å²) in [5.41, 5.74) is 6.13. The quantitative estimate of drug-likeness (QED) is 0.170. The zero-order valence-electron chi connectivity index (χ0n) is 24.8. The number of nitrogens with zero attached hydrogens (tertiary/aromatic N) is 3. The van der Waals surface area contributed by atoms with E-state index in [-0.39, 0.29) is 17.9 Å². The van der Waals surface area contributed by atoms with E-state index < -0.39 is 6.03 Å². The van der Waals surface area contributed by atoms with E-state index in [0.717, 1.165) is 27.7 Å². The predicted octanol–water partition coefficient (Wildman–Crippen LogP) is 7.03. The van der Waals surface area contributed by atoms with E-state index >= 15 is 0 Å². The van der Waals surface area contributed by atoms with Crippen LogP contribution in [0.25, 0.3) is 16.5 Å². The van der Waals surface area contributed by atoms with Gasteiger partial charge in [-0.2, -0.15) is 5.10 Å². The van der Waals surface area contributed by atoms with Crippen LogP contribution in [0.2, 0.25) is 0 Å². The molecular formula is C33H34N6O4. The van der Waals surface area contributed by atoms with Crippen molar-refractivity contribution < 1.29 is 19.2 Å². The van der Waals surface area contributed by atoms with E-state index in [9.17, 15) is 9.59 Å². The second-order valence-corrected chi connectivity index (χ2v) is 11.2. The van der Waals surface area contributed by atoms with Crippen molar-refractivity contribution in [2.24, 2.45) is 0 Å². The van der Waals surface area contributed by atoms with Crippen LogP contribution in [0.15, 0.2) is 85.1 Å². The minimum Gasteiger partial charge on any atom is -0.457 e. The van der Waals surface area contributed by atoms with Crippen molar-refractivity contribution in [3.05, 3.63) is 102 Å².